The second-order valence-corrected chi connectivity index (χ2v) is 21.1. The van der Waals surface area contributed by atoms with Gasteiger partial charge in [0.15, 0.2) is 11.5 Å². The third kappa shape index (κ3) is 7.18. The Hall–Kier alpha value is -9.20. The van der Waals surface area contributed by atoms with E-state index in [0.29, 0.717) is 0 Å². The van der Waals surface area contributed by atoms with Crippen LogP contribution in [0.5, 0.6) is 11.5 Å². The summed E-state index contributed by atoms with van der Waals surface area (Å²) in [6.45, 7) is 0. The zero-order chi connectivity index (χ0) is 48.7. The van der Waals surface area contributed by atoms with E-state index < -0.39 is 0 Å². The van der Waals surface area contributed by atoms with E-state index in [9.17, 15) is 0 Å². The Balaban J connectivity index is 0.978. The van der Waals surface area contributed by atoms with Gasteiger partial charge in [-0.2, -0.15) is 0 Å². The Morgan fingerprint density at radius 1 is 0.284 bits per heavy atom. The molecule has 3 heterocycles. The lowest BCUT2D eigenvalue weighted by atomic mass is 10.0. The number of benzene rings is 12. The van der Waals surface area contributed by atoms with Gasteiger partial charge in [-0.25, -0.2) is 0 Å². The van der Waals surface area contributed by atoms with Gasteiger partial charge in [-0.1, -0.05) is 146 Å². The fourth-order valence-corrected chi connectivity index (χ4v) is 13.3. The highest BCUT2D eigenvalue weighted by molar-refractivity contribution is 7.26. The number of hydrogen-bond donors (Lipinski definition) is 0. The van der Waals surface area contributed by atoms with E-state index in [1.165, 1.54) is 73.0 Å². The number of thiophene rings is 2. The Labute approximate surface area is 436 Å². The van der Waals surface area contributed by atoms with Crippen LogP contribution >= 0.6 is 22.7 Å². The summed E-state index contributed by atoms with van der Waals surface area (Å²) in [5, 5.41) is 9.87. The van der Waals surface area contributed by atoms with Crippen LogP contribution < -0.4 is 19.4 Å². The lowest BCUT2D eigenvalue weighted by Crippen LogP contribution is -2.18. The van der Waals surface area contributed by atoms with Crippen molar-refractivity contribution in [3.8, 4) is 22.6 Å². The molecule has 0 bridgehead atoms. The predicted octanol–water partition coefficient (Wildman–Crippen LogP) is 20.9. The summed E-state index contributed by atoms with van der Waals surface area (Å²) < 4.78 is 11.8. The van der Waals surface area contributed by atoms with Gasteiger partial charge >= 0.3 is 0 Å². The molecule has 2 aromatic heterocycles. The second-order valence-electron chi connectivity index (χ2n) is 18.9. The second kappa shape index (κ2) is 17.2. The molecular weight excluding hydrogens is 939 g/mol. The third-order valence-electron chi connectivity index (χ3n) is 14.5. The Bertz CT molecular complexity index is 4470. The monoisotopic (exact) mass is 981 g/mol. The molecule has 0 atom stereocenters. The minimum absolute atomic E-state index is 0.801. The van der Waals surface area contributed by atoms with Crippen molar-refractivity contribution in [2.75, 3.05) is 14.7 Å². The van der Waals surface area contributed by atoms with Crippen molar-refractivity contribution in [3.63, 3.8) is 0 Å². The Kier molecular flexibility index (Phi) is 9.90. The molecular formula is C68H43N3OS2. The lowest BCUT2D eigenvalue weighted by Gasteiger charge is -2.35. The molecule has 0 saturated heterocycles. The van der Waals surface area contributed by atoms with Crippen molar-refractivity contribution in [2.45, 2.75) is 0 Å². The molecule has 0 saturated carbocycles. The van der Waals surface area contributed by atoms with E-state index in [0.717, 1.165) is 62.7 Å². The molecule has 6 heteroatoms. The first-order chi connectivity index (χ1) is 36.6. The fourth-order valence-electron chi connectivity index (χ4n) is 11.0. The maximum atomic E-state index is 6.64. The SMILES string of the molecule is c1ccc2c(c1)Oc1ccccc1N2c1cc(N(c2ccc(-c3ccc4sc5ccccc5c4c3)cc2)c2ccc3ccccc3c2)cc(N(c2ccc3ccccc3c2)c2ccc3c(c2)sc2ccccc23)c1. The van der Waals surface area contributed by atoms with E-state index in [2.05, 4.69) is 263 Å². The number of fused-ring (bicyclic) bond motifs is 10. The van der Waals surface area contributed by atoms with Crippen molar-refractivity contribution in [1.29, 1.82) is 0 Å². The highest BCUT2D eigenvalue weighted by atomic mass is 32.1. The van der Waals surface area contributed by atoms with Gasteiger partial charge in [0.2, 0.25) is 0 Å². The molecule has 1 aliphatic rings. The van der Waals surface area contributed by atoms with Crippen molar-refractivity contribution in [3.05, 3.63) is 261 Å². The molecule has 0 N–H and O–H groups in total. The zero-order valence-corrected chi connectivity index (χ0v) is 41.5. The summed E-state index contributed by atoms with van der Waals surface area (Å²) in [5.41, 5.74) is 11.5. The van der Waals surface area contributed by atoms with E-state index in [1.807, 2.05) is 34.8 Å². The van der Waals surface area contributed by atoms with Gasteiger partial charge in [-0.3, -0.25) is 0 Å². The van der Waals surface area contributed by atoms with Crippen molar-refractivity contribution in [2.24, 2.45) is 0 Å². The van der Waals surface area contributed by atoms with Crippen LogP contribution in [0.4, 0.5) is 51.2 Å². The molecule has 348 valence electrons. The van der Waals surface area contributed by atoms with Crippen LogP contribution in [0.25, 0.3) is 73.0 Å². The highest BCUT2D eigenvalue weighted by Gasteiger charge is 2.28. The normalized spacial score (nSPS) is 12.1. The van der Waals surface area contributed by atoms with E-state index >= 15 is 0 Å². The molecule has 74 heavy (non-hydrogen) atoms. The number of ether oxygens (including phenoxy) is 1. The standard InChI is InChI=1S/C68H43N3OS2/c1-3-15-47-37-51(32-27-44(47)13-1)69(50-30-25-46(26-31-50)49-29-36-67-60(39-49)58-18-6-12-24-66(58)73-67)54-40-55(42-56(41-54)71-61-19-7-9-21-63(61)72-64-22-10-8-20-62(64)71)70(52-33-28-45-14-2-4-16-48(45)38-52)53-34-35-59-57-17-5-11-23-65(57)74-68(59)43-53/h1-43H. The summed E-state index contributed by atoms with van der Waals surface area (Å²) in [7, 11) is 0. The highest BCUT2D eigenvalue weighted by Crippen LogP contribution is 2.53. The van der Waals surface area contributed by atoms with Crippen LogP contribution in [-0.2, 0) is 0 Å². The summed E-state index contributed by atoms with van der Waals surface area (Å²) in [5.74, 6) is 1.60. The summed E-state index contributed by atoms with van der Waals surface area (Å²) in [6, 6.07) is 95.1. The maximum Gasteiger partial charge on any atom is 0.151 e. The largest absolute Gasteiger partial charge is 0.453 e. The molecule has 0 unspecified atom stereocenters. The first kappa shape index (κ1) is 42.5. The molecule has 4 nitrogen and oxygen atoms in total. The van der Waals surface area contributed by atoms with Crippen molar-refractivity contribution >= 4 is 136 Å². The van der Waals surface area contributed by atoms with Gasteiger partial charge in [0.25, 0.3) is 0 Å². The molecule has 0 amide bonds. The van der Waals surface area contributed by atoms with Gasteiger partial charge < -0.3 is 19.4 Å². The number of para-hydroxylation sites is 4. The average Bonchev–Trinajstić information content (AvgIpc) is 4.02. The van der Waals surface area contributed by atoms with Crippen LogP contribution in [0.3, 0.4) is 0 Å². The Morgan fingerprint density at radius 3 is 1.39 bits per heavy atom. The van der Waals surface area contributed by atoms with Crippen molar-refractivity contribution in [1.82, 2.24) is 0 Å². The topological polar surface area (TPSA) is 19.0 Å². The van der Waals surface area contributed by atoms with E-state index in [1.54, 1.807) is 0 Å². The summed E-state index contributed by atoms with van der Waals surface area (Å²) >= 11 is 3.70. The van der Waals surface area contributed by atoms with E-state index in [-0.39, 0.29) is 0 Å². The Morgan fingerprint density at radius 2 is 0.743 bits per heavy atom. The summed E-state index contributed by atoms with van der Waals surface area (Å²) in [6.07, 6.45) is 0. The molecule has 0 radical (unpaired) electrons. The van der Waals surface area contributed by atoms with Crippen molar-refractivity contribution < 1.29 is 4.74 Å². The molecule has 0 spiro atoms. The lowest BCUT2D eigenvalue weighted by molar-refractivity contribution is 0.477. The molecule has 1 aliphatic heterocycles. The number of anilines is 9. The fraction of sp³-hybridized carbons (Fsp3) is 0. The van der Waals surface area contributed by atoms with Crippen LogP contribution in [-0.4, -0.2) is 0 Å². The van der Waals surface area contributed by atoms with Crippen LogP contribution in [0.1, 0.15) is 0 Å². The van der Waals surface area contributed by atoms with Crippen LogP contribution in [0.15, 0.2) is 261 Å². The number of rotatable bonds is 8. The summed E-state index contributed by atoms with van der Waals surface area (Å²) in [4.78, 5) is 7.22. The number of nitrogens with zero attached hydrogens (tertiary/aromatic N) is 3. The zero-order valence-electron chi connectivity index (χ0n) is 39.9. The molecule has 0 aliphatic carbocycles. The third-order valence-corrected chi connectivity index (χ3v) is 16.8. The van der Waals surface area contributed by atoms with Gasteiger partial charge in [-0.05, 0) is 148 Å². The molecule has 12 aromatic carbocycles. The van der Waals surface area contributed by atoms with E-state index in [4.69, 9.17) is 4.74 Å². The maximum absolute atomic E-state index is 6.64. The van der Waals surface area contributed by atoms with Crippen LogP contribution in [0, 0.1) is 0 Å². The van der Waals surface area contributed by atoms with Gasteiger partial charge in [-0.15, -0.1) is 22.7 Å². The predicted molar refractivity (Wildman–Crippen MR) is 317 cm³/mol. The van der Waals surface area contributed by atoms with Crippen LogP contribution in [0.2, 0.25) is 0 Å². The number of hydrogen-bond acceptors (Lipinski definition) is 6. The quantitative estimate of drug-likeness (QED) is 0.151. The molecule has 14 aromatic rings. The minimum Gasteiger partial charge on any atom is -0.453 e. The van der Waals surface area contributed by atoms with Gasteiger partial charge in [0.05, 0.1) is 28.4 Å². The molecule has 0 fully saturated rings. The molecule has 15 rings (SSSR count). The smallest absolute Gasteiger partial charge is 0.151 e. The first-order valence-corrected chi connectivity index (χ1v) is 26.6. The van der Waals surface area contributed by atoms with Gasteiger partial charge in [0.1, 0.15) is 0 Å². The minimum atomic E-state index is 0.801. The average molecular weight is 982 g/mol. The van der Waals surface area contributed by atoms with Gasteiger partial charge in [0, 0.05) is 63.1 Å². The first-order valence-electron chi connectivity index (χ1n) is 25.0.